The maximum absolute atomic E-state index is 12.8. The van der Waals surface area contributed by atoms with Gasteiger partial charge < -0.3 is 10.6 Å². The van der Waals surface area contributed by atoms with Crippen LogP contribution in [0.5, 0.6) is 0 Å². The largest absolute Gasteiger partial charge is 0.340 e. The Morgan fingerprint density at radius 3 is 2.35 bits per heavy atom. The van der Waals surface area contributed by atoms with E-state index in [4.69, 9.17) is 11.0 Å². The van der Waals surface area contributed by atoms with Crippen molar-refractivity contribution in [2.24, 2.45) is 11.1 Å². The summed E-state index contributed by atoms with van der Waals surface area (Å²) in [7, 11) is 0. The highest BCUT2D eigenvalue weighted by molar-refractivity contribution is 5.83. The number of carbonyl (C=O) groups is 1. The van der Waals surface area contributed by atoms with E-state index in [1.807, 2.05) is 4.90 Å². The lowest BCUT2D eigenvalue weighted by Crippen LogP contribution is -2.55. The molecule has 5 heteroatoms. The highest BCUT2D eigenvalue weighted by Crippen LogP contribution is 2.37. The van der Waals surface area contributed by atoms with Gasteiger partial charge in [0.05, 0.1) is 11.5 Å². The Labute approximate surface area is 121 Å². The molecule has 5 nitrogen and oxygen atoms in total. The van der Waals surface area contributed by atoms with Crippen molar-refractivity contribution < 1.29 is 4.79 Å². The molecule has 2 fully saturated rings. The summed E-state index contributed by atoms with van der Waals surface area (Å²) in [6.07, 6.45) is 5.97. The molecule has 1 amide bonds. The molecule has 0 radical (unpaired) electrons. The smallest absolute Gasteiger partial charge is 0.230 e. The zero-order valence-electron chi connectivity index (χ0n) is 12.3. The van der Waals surface area contributed by atoms with Gasteiger partial charge in [-0.15, -0.1) is 0 Å². The van der Waals surface area contributed by atoms with E-state index in [2.05, 4.69) is 11.0 Å². The molecule has 20 heavy (non-hydrogen) atoms. The van der Waals surface area contributed by atoms with Crippen molar-refractivity contribution in [3.05, 3.63) is 0 Å². The summed E-state index contributed by atoms with van der Waals surface area (Å²) in [6.45, 7) is 4.64. The molecule has 1 saturated carbocycles. The zero-order valence-corrected chi connectivity index (χ0v) is 12.3. The summed E-state index contributed by atoms with van der Waals surface area (Å²) in [5, 5.41) is 8.62. The van der Waals surface area contributed by atoms with Crippen LogP contribution in [0.2, 0.25) is 0 Å². The second-order valence-electron chi connectivity index (χ2n) is 6.09. The molecule has 2 aliphatic rings. The van der Waals surface area contributed by atoms with E-state index in [-0.39, 0.29) is 11.3 Å². The van der Waals surface area contributed by atoms with Gasteiger partial charge in [-0.3, -0.25) is 9.69 Å². The lowest BCUT2D eigenvalue weighted by atomic mass is 9.73. The second-order valence-corrected chi connectivity index (χ2v) is 6.09. The van der Waals surface area contributed by atoms with Crippen LogP contribution in [0.3, 0.4) is 0 Å². The molecule has 0 bridgehead atoms. The van der Waals surface area contributed by atoms with Crippen LogP contribution in [0, 0.1) is 16.7 Å². The predicted molar refractivity (Wildman–Crippen MR) is 77.8 cm³/mol. The highest BCUT2D eigenvalue weighted by atomic mass is 16.2. The van der Waals surface area contributed by atoms with Gasteiger partial charge in [0.15, 0.2) is 0 Å². The van der Waals surface area contributed by atoms with E-state index in [0.717, 1.165) is 58.4 Å². The van der Waals surface area contributed by atoms with Crippen molar-refractivity contribution in [1.29, 1.82) is 5.26 Å². The van der Waals surface area contributed by atoms with Gasteiger partial charge in [-0.1, -0.05) is 19.3 Å². The molecular formula is C15H26N4O. The number of hydrogen-bond acceptors (Lipinski definition) is 4. The Kier molecular flexibility index (Phi) is 5.38. The summed E-state index contributed by atoms with van der Waals surface area (Å²) in [4.78, 5) is 17.1. The molecule has 1 heterocycles. The van der Waals surface area contributed by atoms with Crippen molar-refractivity contribution in [2.45, 2.75) is 38.5 Å². The second kappa shape index (κ2) is 7.05. The van der Waals surface area contributed by atoms with Crippen molar-refractivity contribution in [3.8, 4) is 6.07 Å². The Morgan fingerprint density at radius 1 is 1.15 bits per heavy atom. The number of rotatable bonds is 4. The average Bonchev–Trinajstić information content (AvgIpc) is 2.53. The SMILES string of the molecule is N#CCCN1CCN(C(=O)C2(CN)CCCCC2)CC1. The normalized spacial score (nSPS) is 23.3. The molecule has 2 rings (SSSR count). The van der Waals surface area contributed by atoms with Gasteiger partial charge in [0, 0.05) is 45.7 Å². The van der Waals surface area contributed by atoms with Crippen LogP contribution in [0.15, 0.2) is 0 Å². The number of nitrogens with two attached hydrogens (primary N) is 1. The summed E-state index contributed by atoms with van der Waals surface area (Å²) in [5.74, 6) is 0.277. The molecule has 112 valence electrons. The molecule has 1 saturated heterocycles. The van der Waals surface area contributed by atoms with Gasteiger partial charge in [-0.2, -0.15) is 5.26 Å². The molecule has 1 aliphatic heterocycles. The van der Waals surface area contributed by atoms with Crippen molar-refractivity contribution in [3.63, 3.8) is 0 Å². The van der Waals surface area contributed by atoms with Crippen molar-refractivity contribution >= 4 is 5.91 Å². The Hall–Kier alpha value is -1.12. The fourth-order valence-electron chi connectivity index (χ4n) is 3.45. The van der Waals surface area contributed by atoms with Crippen molar-refractivity contribution in [2.75, 3.05) is 39.3 Å². The third-order valence-electron chi connectivity index (χ3n) is 4.85. The summed E-state index contributed by atoms with van der Waals surface area (Å²) < 4.78 is 0. The van der Waals surface area contributed by atoms with Gasteiger partial charge in [-0.25, -0.2) is 0 Å². The fraction of sp³-hybridized carbons (Fsp3) is 0.867. The van der Waals surface area contributed by atoms with E-state index in [0.29, 0.717) is 13.0 Å². The van der Waals surface area contributed by atoms with Gasteiger partial charge in [0.25, 0.3) is 0 Å². The maximum atomic E-state index is 12.8. The maximum Gasteiger partial charge on any atom is 0.230 e. The molecule has 2 N–H and O–H groups in total. The first-order valence-electron chi connectivity index (χ1n) is 7.80. The molecule has 0 spiro atoms. The summed E-state index contributed by atoms with van der Waals surface area (Å²) in [5.41, 5.74) is 5.66. The minimum Gasteiger partial charge on any atom is -0.340 e. The number of amides is 1. The molecule has 0 aromatic rings. The topological polar surface area (TPSA) is 73.4 Å². The predicted octanol–water partition coefficient (Wildman–Crippen LogP) is 0.953. The van der Waals surface area contributed by atoms with Gasteiger partial charge in [-0.05, 0) is 12.8 Å². The molecule has 1 aliphatic carbocycles. The monoisotopic (exact) mass is 278 g/mol. The Bertz CT molecular complexity index is 363. The fourth-order valence-corrected chi connectivity index (χ4v) is 3.45. The zero-order chi connectivity index (χ0) is 14.4. The molecule has 0 aromatic carbocycles. The van der Waals surface area contributed by atoms with Crippen LogP contribution in [0.4, 0.5) is 0 Å². The number of piperazine rings is 1. The molecular weight excluding hydrogens is 252 g/mol. The van der Waals surface area contributed by atoms with Crippen LogP contribution >= 0.6 is 0 Å². The Morgan fingerprint density at radius 2 is 1.80 bits per heavy atom. The third-order valence-corrected chi connectivity index (χ3v) is 4.85. The molecule has 0 aromatic heterocycles. The first kappa shape index (κ1) is 15.3. The Balaban J connectivity index is 1.89. The average molecular weight is 278 g/mol. The minimum absolute atomic E-state index is 0.277. The summed E-state index contributed by atoms with van der Waals surface area (Å²) >= 11 is 0. The lowest BCUT2D eigenvalue weighted by molar-refractivity contribution is -0.145. The van der Waals surface area contributed by atoms with Crippen LogP contribution < -0.4 is 5.73 Å². The molecule has 0 atom stereocenters. The van der Waals surface area contributed by atoms with E-state index >= 15 is 0 Å². The van der Waals surface area contributed by atoms with Gasteiger partial charge >= 0.3 is 0 Å². The van der Waals surface area contributed by atoms with Crippen LogP contribution in [0.1, 0.15) is 38.5 Å². The highest BCUT2D eigenvalue weighted by Gasteiger charge is 2.41. The van der Waals surface area contributed by atoms with Crippen LogP contribution in [-0.2, 0) is 4.79 Å². The standard InChI is InChI=1S/C15H26N4O/c16-7-4-8-18-9-11-19(12-10-18)14(20)15(13-17)5-2-1-3-6-15/h1-6,8-13,17H2. The molecule has 0 unspecified atom stereocenters. The minimum atomic E-state index is -0.285. The van der Waals surface area contributed by atoms with E-state index in [1.54, 1.807) is 0 Å². The number of carbonyl (C=O) groups excluding carboxylic acids is 1. The lowest BCUT2D eigenvalue weighted by Gasteiger charge is -2.42. The van der Waals surface area contributed by atoms with Gasteiger partial charge in [0.1, 0.15) is 0 Å². The van der Waals surface area contributed by atoms with E-state index in [1.165, 1.54) is 6.42 Å². The van der Waals surface area contributed by atoms with Crippen molar-refractivity contribution in [1.82, 2.24) is 9.80 Å². The quantitative estimate of drug-likeness (QED) is 0.831. The summed E-state index contributed by atoms with van der Waals surface area (Å²) in [6, 6.07) is 2.18. The number of hydrogen-bond donors (Lipinski definition) is 1. The van der Waals surface area contributed by atoms with E-state index < -0.39 is 0 Å². The number of nitrogens with zero attached hydrogens (tertiary/aromatic N) is 3. The van der Waals surface area contributed by atoms with Crippen LogP contribution in [-0.4, -0.2) is 55.0 Å². The third kappa shape index (κ3) is 3.31. The van der Waals surface area contributed by atoms with E-state index in [9.17, 15) is 4.79 Å². The van der Waals surface area contributed by atoms with Crippen LogP contribution in [0.25, 0.3) is 0 Å². The first-order chi connectivity index (χ1) is 9.72. The number of nitriles is 1. The van der Waals surface area contributed by atoms with Gasteiger partial charge in [0.2, 0.25) is 5.91 Å². The first-order valence-corrected chi connectivity index (χ1v) is 7.80.